The van der Waals surface area contributed by atoms with E-state index in [2.05, 4.69) is 4.90 Å². The maximum absolute atomic E-state index is 12.9. The second kappa shape index (κ2) is 12.1. The van der Waals surface area contributed by atoms with Crippen molar-refractivity contribution in [3.05, 3.63) is 33.8 Å². The summed E-state index contributed by atoms with van der Waals surface area (Å²) in [7, 11) is 1.91. The Morgan fingerprint density at radius 2 is 1.87 bits per heavy atom. The van der Waals surface area contributed by atoms with Crippen molar-refractivity contribution in [2.24, 2.45) is 0 Å². The number of esters is 1. The predicted octanol–water partition coefficient (Wildman–Crippen LogP) is 3.54. The van der Waals surface area contributed by atoms with Gasteiger partial charge in [-0.1, -0.05) is 42.1 Å². The van der Waals surface area contributed by atoms with Crippen molar-refractivity contribution in [3.8, 4) is 0 Å². The number of rotatable bonds is 5. The molecule has 1 aromatic rings. The predicted molar refractivity (Wildman–Crippen MR) is 122 cm³/mol. The van der Waals surface area contributed by atoms with Gasteiger partial charge >= 0.3 is 5.97 Å². The fraction of sp³-hybridized carbons (Fsp3) is 0.619. The first-order valence-corrected chi connectivity index (χ1v) is 10.7. The van der Waals surface area contributed by atoms with Crippen molar-refractivity contribution < 1.29 is 19.8 Å². The first kappa shape index (κ1) is 27.0. The van der Waals surface area contributed by atoms with Crippen molar-refractivity contribution in [1.29, 1.82) is 0 Å². The van der Waals surface area contributed by atoms with E-state index in [1.54, 1.807) is 12.1 Å². The number of likely N-dealkylation sites (N-methyl/N-ethyl adjacent to an activating group) is 1. The molecule has 0 bridgehead atoms. The van der Waals surface area contributed by atoms with Gasteiger partial charge in [-0.2, -0.15) is 0 Å². The molecule has 1 aliphatic carbocycles. The van der Waals surface area contributed by atoms with E-state index in [0.717, 1.165) is 44.3 Å². The Balaban J connectivity index is 0.00000225. The third-order valence-electron chi connectivity index (χ3n) is 5.90. The molecule has 1 amide bonds. The highest BCUT2D eigenvalue weighted by Gasteiger charge is 2.38. The third kappa shape index (κ3) is 6.72. The Labute approximate surface area is 194 Å². The molecule has 1 aliphatic heterocycles. The van der Waals surface area contributed by atoms with E-state index in [4.69, 9.17) is 27.9 Å². The number of hydrogen-bond acceptors (Lipinski definition) is 4. The Hall–Kier alpha value is -1.05. The molecule has 3 atom stereocenters. The van der Waals surface area contributed by atoms with E-state index in [1.807, 2.05) is 18.0 Å². The van der Waals surface area contributed by atoms with Crippen LogP contribution < -0.4 is 0 Å². The van der Waals surface area contributed by atoms with Crippen LogP contribution in [-0.4, -0.2) is 65.5 Å². The summed E-state index contributed by atoms with van der Waals surface area (Å²) in [6.45, 7) is 3.13. The van der Waals surface area contributed by atoms with Gasteiger partial charge in [0.1, 0.15) is 6.10 Å². The lowest BCUT2D eigenvalue weighted by molar-refractivity contribution is -0.145. The Bertz CT molecular complexity index is 734. The zero-order valence-corrected chi connectivity index (χ0v) is 19.7. The van der Waals surface area contributed by atoms with Gasteiger partial charge in [0.05, 0.1) is 16.5 Å². The molecule has 3 unspecified atom stereocenters. The van der Waals surface area contributed by atoms with Gasteiger partial charge in [0.2, 0.25) is 5.91 Å². The second-order valence-electron chi connectivity index (χ2n) is 7.86. The number of likely N-dealkylation sites (tertiary alicyclic amines) is 1. The number of carbonyl (C=O) groups excluding carboxylic acids is 2. The van der Waals surface area contributed by atoms with Crippen LogP contribution in [0, 0.1) is 0 Å². The van der Waals surface area contributed by atoms with Crippen molar-refractivity contribution in [2.45, 2.75) is 63.6 Å². The van der Waals surface area contributed by atoms with Gasteiger partial charge in [0.15, 0.2) is 0 Å². The SMILES string of the molecule is CC(=O)OC1CCN(C2CCCCC2N(C)C(=O)Cc2ccc(Cl)c(Cl)c2)C1.Cl.O. The van der Waals surface area contributed by atoms with Gasteiger partial charge in [-0.3, -0.25) is 14.5 Å². The first-order valence-electron chi connectivity index (χ1n) is 9.96. The number of hydrogen-bond donors (Lipinski definition) is 0. The molecule has 1 heterocycles. The van der Waals surface area contributed by atoms with Crippen LogP contribution in [0.4, 0.5) is 0 Å². The molecule has 1 aromatic carbocycles. The van der Waals surface area contributed by atoms with Crippen LogP contribution in [0.1, 0.15) is 44.6 Å². The lowest BCUT2D eigenvalue weighted by Crippen LogP contribution is -2.53. The van der Waals surface area contributed by atoms with Crippen LogP contribution in [0.2, 0.25) is 10.0 Å². The summed E-state index contributed by atoms with van der Waals surface area (Å²) in [5.74, 6) is -0.132. The lowest BCUT2D eigenvalue weighted by atomic mass is 9.88. The normalized spacial score (nSPS) is 23.8. The zero-order chi connectivity index (χ0) is 20.3. The summed E-state index contributed by atoms with van der Waals surface area (Å²) in [5, 5.41) is 0.966. The molecule has 1 saturated heterocycles. The van der Waals surface area contributed by atoms with Gasteiger partial charge in [-0.25, -0.2) is 0 Å². The van der Waals surface area contributed by atoms with Crippen molar-refractivity contribution in [2.75, 3.05) is 20.1 Å². The van der Waals surface area contributed by atoms with E-state index in [0.29, 0.717) is 22.5 Å². The molecule has 0 spiro atoms. The molecular weight excluding hydrogens is 451 g/mol. The highest BCUT2D eigenvalue weighted by atomic mass is 35.5. The molecule has 2 N–H and O–H groups in total. The number of nitrogens with zero attached hydrogens (tertiary/aromatic N) is 2. The third-order valence-corrected chi connectivity index (χ3v) is 6.64. The molecule has 2 aliphatic rings. The van der Waals surface area contributed by atoms with Gasteiger partial charge < -0.3 is 15.1 Å². The standard InChI is InChI=1S/C21H28Cl2N2O3.ClH.H2O/c1-14(26)28-16-9-10-25(13-16)20-6-4-3-5-19(20)24(2)21(27)12-15-7-8-17(22)18(23)11-15;;/h7-8,11,16,19-20H,3-6,9-10,12-13H2,1-2H3;1H;1H2. The largest absolute Gasteiger partial charge is 0.461 e. The first-order chi connectivity index (χ1) is 13.3. The van der Waals surface area contributed by atoms with E-state index in [1.165, 1.54) is 13.3 Å². The fourth-order valence-electron chi connectivity index (χ4n) is 4.49. The van der Waals surface area contributed by atoms with E-state index in [-0.39, 0.29) is 41.9 Å². The van der Waals surface area contributed by atoms with Crippen molar-refractivity contribution in [3.63, 3.8) is 0 Å². The number of carbonyl (C=O) groups is 2. The highest BCUT2D eigenvalue weighted by molar-refractivity contribution is 6.42. The molecule has 1 saturated carbocycles. The van der Waals surface area contributed by atoms with Crippen LogP contribution in [0.25, 0.3) is 0 Å². The quantitative estimate of drug-likeness (QED) is 0.602. The van der Waals surface area contributed by atoms with Gasteiger partial charge in [0, 0.05) is 39.1 Å². The van der Waals surface area contributed by atoms with Gasteiger partial charge in [-0.05, 0) is 37.0 Å². The molecule has 170 valence electrons. The number of halogens is 3. The van der Waals surface area contributed by atoms with Crippen LogP contribution >= 0.6 is 35.6 Å². The number of ether oxygens (including phenoxy) is 1. The van der Waals surface area contributed by atoms with Crippen molar-refractivity contribution in [1.82, 2.24) is 9.80 Å². The smallest absolute Gasteiger partial charge is 0.302 e. The number of amides is 1. The summed E-state index contributed by atoms with van der Waals surface area (Å²) in [5.41, 5.74) is 0.870. The summed E-state index contributed by atoms with van der Waals surface area (Å²) < 4.78 is 5.39. The van der Waals surface area contributed by atoms with E-state index < -0.39 is 0 Å². The summed E-state index contributed by atoms with van der Waals surface area (Å²) in [4.78, 5) is 28.5. The van der Waals surface area contributed by atoms with E-state index >= 15 is 0 Å². The molecule has 0 aromatic heterocycles. The van der Waals surface area contributed by atoms with E-state index in [9.17, 15) is 9.59 Å². The Morgan fingerprint density at radius 3 is 2.53 bits per heavy atom. The minimum absolute atomic E-state index is 0. The summed E-state index contributed by atoms with van der Waals surface area (Å²) in [6, 6.07) is 5.84. The van der Waals surface area contributed by atoms with Gasteiger partial charge in [-0.15, -0.1) is 12.4 Å². The summed E-state index contributed by atoms with van der Waals surface area (Å²) >= 11 is 12.1. The van der Waals surface area contributed by atoms with Crippen LogP contribution in [0.5, 0.6) is 0 Å². The maximum Gasteiger partial charge on any atom is 0.302 e. The topological polar surface area (TPSA) is 81.3 Å². The lowest BCUT2D eigenvalue weighted by Gasteiger charge is -2.42. The monoisotopic (exact) mass is 480 g/mol. The minimum atomic E-state index is -0.221. The molecule has 2 fully saturated rings. The maximum atomic E-state index is 12.9. The zero-order valence-electron chi connectivity index (χ0n) is 17.4. The molecule has 0 radical (unpaired) electrons. The Morgan fingerprint density at radius 1 is 1.17 bits per heavy atom. The second-order valence-corrected chi connectivity index (χ2v) is 8.68. The van der Waals surface area contributed by atoms with Crippen LogP contribution in [-0.2, 0) is 20.7 Å². The molecule has 30 heavy (non-hydrogen) atoms. The molecule has 9 heteroatoms. The highest BCUT2D eigenvalue weighted by Crippen LogP contribution is 2.30. The fourth-order valence-corrected chi connectivity index (χ4v) is 4.81. The van der Waals surface area contributed by atoms with Crippen LogP contribution in [0.15, 0.2) is 18.2 Å². The number of benzene rings is 1. The van der Waals surface area contributed by atoms with Crippen LogP contribution in [0.3, 0.4) is 0 Å². The van der Waals surface area contributed by atoms with Crippen molar-refractivity contribution >= 4 is 47.5 Å². The molecule has 3 rings (SSSR count). The molecule has 6 nitrogen and oxygen atoms in total. The van der Waals surface area contributed by atoms with Gasteiger partial charge in [0.25, 0.3) is 0 Å². The average Bonchev–Trinajstić information content (AvgIpc) is 3.11. The Kier molecular flexibility index (Phi) is 10.9. The summed E-state index contributed by atoms with van der Waals surface area (Å²) in [6.07, 6.45) is 5.52. The minimum Gasteiger partial charge on any atom is -0.461 e. The average molecular weight is 482 g/mol. The molecular formula is C21H31Cl3N2O4.